The molecule has 0 amide bonds. The zero-order valence-corrected chi connectivity index (χ0v) is 10.1. The van der Waals surface area contributed by atoms with Crippen LogP contribution in [0.2, 0.25) is 5.02 Å². The van der Waals surface area contributed by atoms with Gasteiger partial charge in [0.2, 0.25) is 0 Å². The minimum atomic E-state index is -0.414. The van der Waals surface area contributed by atoms with E-state index in [1.165, 1.54) is 18.4 Å². The third kappa shape index (κ3) is 3.10. The Bertz CT molecular complexity index is 384. The van der Waals surface area contributed by atoms with Gasteiger partial charge in [0.15, 0.2) is 0 Å². The average Bonchev–Trinajstić information content (AvgIpc) is 2.30. The highest BCUT2D eigenvalue weighted by Crippen LogP contribution is 2.28. The molecule has 0 spiro atoms. The van der Waals surface area contributed by atoms with E-state index in [4.69, 9.17) is 11.6 Å². The summed E-state index contributed by atoms with van der Waals surface area (Å²) in [6.45, 7) is 0. The molecule has 86 valence electrons. The summed E-state index contributed by atoms with van der Waals surface area (Å²) in [6.07, 6.45) is 7.46. The maximum atomic E-state index is 10.1. The van der Waals surface area contributed by atoms with Crippen LogP contribution < -0.4 is 0 Å². The van der Waals surface area contributed by atoms with Crippen LogP contribution in [0, 0.1) is 0 Å². The number of aliphatic hydroxyl groups excluding tert-OH is 1. The molecule has 0 radical (unpaired) electrons. The van der Waals surface area contributed by atoms with E-state index in [1.807, 2.05) is 24.3 Å². The van der Waals surface area contributed by atoms with Crippen molar-refractivity contribution in [1.82, 2.24) is 0 Å². The van der Waals surface area contributed by atoms with Crippen LogP contribution in [0.3, 0.4) is 0 Å². The third-order valence-electron chi connectivity index (χ3n) is 3.07. The van der Waals surface area contributed by atoms with Crippen LogP contribution in [-0.2, 0) is 0 Å². The third-order valence-corrected chi connectivity index (χ3v) is 3.31. The number of hydrogen-bond acceptors (Lipinski definition) is 1. The molecule has 0 aromatic heterocycles. The molecule has 1 aromatic rings. The molecule has 2 rings (SSSR count). The zero-order valence-electron chi connectivity index (χ0n) is 9.32. The Morgan fingerprint density at radius 1 is 1.31 bits per heavy atom. The second kappa shape index (κ2) is 5.51. The molecule has 1 aliphatic rings. The van der Waals surface area contributed by atoms with E-state index in [0.29, 0.717) is 5.02 Å². The number of rotatable bonds is 3. The van der Waals surface area contributed by atoms with Gasteiger partial charge in [0.05, 0.1) is 6.10 Å². The van der Waals surface area contributed by atoms with Crippen LogP contribution in [0.25, 0.3) is 0 Å². The highest BCUT2D eigenvalue weighted by molar-refractivity contribution is 6.30. The summed E-state index contributed by atoms with van der Waals surface area (Å²) in [7, 11) is 0. The Morgan fingerprint density at radius 2 is 2.19 bits per heavy atom. The van der Waals surface area contributed by atoms with Gasteiger partial charge in [-0.1, -0.05) is 35.4 Å². The first kappa shape index (κ1) is 11.7. The van der Waals surface area contributed by atoms with Gasteiger partial charge in [-0.2, -0.15) is 0 Å². The molecular formula is C14H17ClO. The second-order valence-corrected chi connectivity index (χ2v) is 4.82. The summed E-state index contributed by atoms with van der Waals surface area (Å²) >= 11 is 5.91. The van der Waals surface area contributed by atoms with Crippen molar-refractivity contribution in [2.24, 2.45) is 0 Å². The number of hydrogen-bond donors (Lipinski definition) is 1. The molecule has 16 heavy (non-hydrogen) atoms. The molecule has 1 aromatic carbocycles. The summed E-state index contributed by atoms with van der Waals surface area (Å²) < 4.78 is 0. The van der Waals surface area contributed by atoms with E-state index in [9.17, 15) is 5.11 Å². The van der Waals surface area contributed by atoms with E-state index in [1.54, 1.807) is 0 Å². The maximum Gasteiger partial charge on any atom is 0.0827 e. The lowest BCUT2D eigenvalue weighted by atomic mass is 9.93. The first-order chi connectivity index (χ1) is 7.75. The normalized spacial score (nSPS) is 18.0. The smallest absolute Gasteiger partial charge is 0.0827 e. The Labute approximate surface area is 102 Å². The summed E-state index contributed by atoms with van der Waals surface area (Å²) in [5.74, 6) is 0. The number of halogens is 1. The van der Waals surface area contributed by atoms with Gasteiger partial charge in [-0.05, 0) is 49.8 Å². The van der Waals surface area contributed by atoms with Crippen molar-refractivity contribution in [3.8, 4) is 0 Å². The van der Waals surface area contributed by atoms with Gasteiger partial charge in [0.25, 0.3) is 0 Å². The van der Waals surface area contributed by atoms with Gasteiger partial charge in [0, 0.05) is 5.02 Å². The van der Waals surface area contributed by atoms with E-state index >= 15 is 0 Å². The van der Waals surface area contributed by atoms with Gasteiger partial charge in [-0.3, -0.25) is 0 Å². The molecule has 0 bridgehead atoms. The van der Waals surface area contributed by atoms with Crippen molar-refractivity contribution in [3.05, 3.63) is 46.5 Å². The molecule has 0 saturated carbocycles. The molecule has 1 N–H and O–H groups in total. The lowest BCUT2D eigenvalue weighted by molar-refractivity contribution is 0.176. The molecule has 0 aliphatic heterocycles. The van der Waals surface area contributed by atoms with Crippen molar-refractivity contribution in [3.63, 3.8) is 0 Å². The average molecular weight is 237 g/mol. The van der Waals surface area contributed by atoms with Crippen molar-refractivity contribution in [2.45, 2.75) is 38.2 Å². The lowest BCUT2D eigenvalue weighted by Crippen LogP contribution is -2.01. The van der Waals surface area contributed by atoms with Gasteiger partial charge < -0.3 is 5.11 Å². The van der Waals surface area contributed by atoms with Crippen LogP contribution in [-0.4, -0.2) is 5.11 Å². The quantitative estimate of drug-likeness (QED) is 0.778. The van der Waals surface area contributed by atoms with Crippen molar-refractivity contribution in [2.75, 3.05) is 0 Å². The Kier molecular flexibility index (Phi) is 4.03. The van der Waals surface area contributed by atoms with E-state index in [0.717, 1.165) is 24.8 Å². The van der Waals surface area contributed by atoms with Crippen LogP contribution in [0.15, 0.2) is 35.9 Å². The monoisotopic (exact) mass is 236 g/mol. The van der Waals surface area contributed by atoms with Crippen molar-refractivity contribution >= 4 is 11.6 Å². The highest BCUT2D eigenvalue weighted by Gasteiger charge is 2.12. The highest BCUT2D eigenvalue weighted by atomic mass is 35.5. The maximum absolute atomic E-state index is 10.1. The molecule has 0 saturated heterocycles. The van der Waals surface area contributed by atoms with Gasteiger partial charge in [0.1, 0.15) is 0 Å². The summed E-state index contributed by atoms with van der Waals surface area (Å²) in [5.41, 5.74) is 2.30. The Balaban J connectivity index is 2.02. The molecule has 1 atom stereocenters. The molecule has 0 heterocycles. The minimum Gasteiger partial charge on any atom is -0.388 e. The topological polar surface area (TPSA) is 20.2 Å². The Morgan fingerprint density at radius 3 is 2.88 bits per heavy atom. The lowest BCUT2D eigenvalue weighted by Gasteiger charge is -2.17. The number of allylic oxidation sites excluding steroid dienone is 1. The molecule has 1 unspecified atom stereocenters. The predicted molar refractivity (Wildman–Crippen MR) is 67.6 cm³/mol. The summed E-state index contributed by atoms with van der Waals surface area (Å²) in [4.78, 5) is 0. The predicted octanol–water partition coefficient (Wildman–Crippen LogP) is 4.26. The van der Waals surface area contributed by atoms with Crippen LogP contribution >= 0.6 is 11.6 Å². The second-order valence-electron chi connectivity index (χ2n) is 4.38. The van der Waals surface area contributed by atoms with Crippen LogP contribution in [0.5, 0.6) is 0 Å². The molecule has 1 aliphatic carbocycles. The first-order valence-electron chi connectivity index (χ1n) is 5.87. The van der Waals surface area contributed by atoms with Crippen LogP contribution in [0.4, 0.5) is 0 Å². The molecule has 1 nitrogen and oxygen atoms in total. The molecular weight excluding hydrogens is 220 g/mol. The van der Waals surface area contributed by atoms with Crippen molar-refractivity contribution < 1.29 is 5.11 Å². The number of aliphatic hydroxyl groups is 1. The molecule has 2 heteroatoms. The van der Waals surface area contributed by atoms with Gasteiger partial charge in [-0.15, -0.1) is 0 Å². The fraction of sp³-hybridized carbons (Fsp3) is 0.429. The van der Waals surface area contributed by atoms with E-state index < -0.39 is 6.10 Å². The van der Waals surface area contributed by atoms with E-state index in [-0.39, 0.29) is 0 Å². The minimum absolute atomic E-state index is 0.414. The standard InChI is InChI=1S/C14H17ClO/c15-13-8-4-7-12(10-13)14(16)9-11-5-2-1-3-6-11/h4-5,7-8,10,14,16H,1-3,6,9H2. The van der Waals surface area contributed by atoms with Crippen molar-refractivity contribution in [1.29, 1.82) is 0 Å². The fourth-order valence-corrected chi connectivity index (χ4v) is 2.37. The molecule has 0 fully saturated rings. The largest absolute Gasteiger partial charge is 0.388 e. The van der Waals surface area contributed by atoms with E-state index in [2.05, 4.69) is 6.08 Å². The van der Waals surface area contributed by atoms with Gasteiger partial charge in [-0.25, -0.2) is 0 Å². The fourth-order valence-electron chi connectivity index (χ4n) is 2.17. The van der Waals surface area contributed by atoms with Crippen LogP contribution in [0.1, 0.15) is 43.8 Å². The summed E-state index contributed by atoms with van der Waals surface area (Å²) in [6, 6.07) is 7.49. The number of benzene rings is 1. The van der Waals surface area contributed by atoms with Gasteiger partial charge >= 0.3 is 0 Å². The SMILES string of the molecule is OC(CC1=CCCCC1)c1cccc(Cl)c1. The Hall–Kier alpha value is -0.790. The zero-order chi connectivity index (χ0) is 11.4. The summed E-state index contributed by atoms with van der Waals surface area (Å²) in [5, 5.41) is 10.8. The first-order valence-corrected chi connectivity index (χ1v) is 6.25.